The monoisotopic (exact) mass is 238 g/mol. The third kappa shape index (κ3) is 3.63. The first-order valence-electron chi connectivity index (χ1n) is 5.18. The molecule has 1 rings (SSSR count). The second-order valence-electron chi connectivity index (χ2n) is 3.57. The van der Waals surface area contributed by atoms with Crippen LogP contribution in [0.2, 0.25) is 5.02 Å². The van der Waals surface area contributed by atoms with Gasteiger partial charge < -0.3 is 9.88 Å². The minimum atomic E-state index is -0.102. The standard InChI is InChI=1S/C12H15ClN2O/c1-3-4-5-6-7-14-12(16)11-8-10(13)9-15(11)2/h1,8-9H,4-7H2,2H3,(H,14,16). The van der Waals surface area contributed by atoms with E-state index in [-0.39, 0.29) is 5.91 Å². The number of carbonyl (C=O) groups excluding carboxylic acids is 1. The van der Waals surface area contributed by atoms with Gasteiger partial charge in [-0.25, -0.2) is 0 Å². The first kappa shape index (κ1) is 12.7. The molecule has 0 saturated carbocycles. The Balaban J connectivity index is 2.36. The Morgan fingerprint density at radius 2 is 2.38 bits per heavy atom. The molecule has 0 aliphatic heterocycles. The maximum absolute atomic E-state index is 11.7. The zero-order valence-electron chi connectivity index (χ0n) is 9.29. The van der Waals surface area contributed by atoms with Crippen molar-refractivity contribution in [3.8, 4) is 12.3 Å². The predicted octanol–water partition coefficient (Wildman–Crippen LogP) is 2.21. The van der Waals surface area contributed by atoms with E-state index in [0.717, 1.165) is 19.3 Å². The third-order valence-corrected chi connectivity index (χ3v) is 2.44. The van der Waals surface area contributed by atoms with Crippen molar-refractivity contribution in [3.05, 3.63) is 23.0 Å². The van der Waals surface area contributed by atoms with Crippen LogP contribution in [0.5, 0.6) is 0 Å². The molecule has 1 aromatic heterocycles. The summed E-state index contributed by atoms with van der Waals surface area (Å²) in [4.78, 5) is 11.7. The van der Waals surface area contributed by atoms with Crippen LogP contribution in [0.15, 0.2) is 12.3 Å². The molecule has 0 unspecified atom stereocenters. The van der Waals surface area contributed by atoms with Crippen molar-refractivity contribution < 1.29 is 4.79 Å². The summed E-state index contributed by atoms with van der Waals surface area (Å²) in [5.74, 6) is 2.46. The fourth-order valence-electron chi connectivity index (χ4n) is 1.39. The molecule has 0 atom stereocenters. The van der Waals surface area contributed by atoms with Crippen LogP contribution >= 0.6 is 11.6 Å². The van der Waals surface area contributed by atoms with Crippen molar-refractivity contribution >= 4 is 17.5 Å². The summed E-state index contributed by atoms with van der Waals surface area (Å²) in [5.41, 5.74) is 0.571. The number of hydrogen-bond donors (Lipinski definition) is 1. The lowest BCUT2D eigenvalue weighted by Gasteiger charge is -2.04. The molecular weight excluding hydrogens is 224 g/mol. The highest BCUT2D eigenvalue weighted by molar-refractivity contribution is 6.31. The number of amides is 1. The van der Waals surface area contributed by atoms with Gasteiger partial charge in [-0.1, -0.05) is 11.6 Å². The number of aryl methyl sites for hydroxylation is 1. The average Bonchev–Trinajstić information content (AvgIpc) is 2.57. The molecule has 1 heterocycles. The molecule has 16 heavy (non-hydrogen) atoms. The number of rotatable bonds is 5. The predicted molar refractivity (Wildman–Crippen MR) is 65.4 cm³/mol. The number of carbonyl (C=O) groups is 1. The number of nitrogens with one attached hydrogen (secondary N) is 1. The second-order valence-corrected chi connectivity index (χ2v) is 4.01. The normalized spacial score (nSPS) is 9.81. The van der Waals surface area contributed by atoms with Gasteiger partial charge >= 0.3 is 0 Å². The Labute approximate surface area is 101 Å². The Morgan fingerprint density at radius 1 is 1.62 bits per heavy atom. The fourth-order valence-corrected chi connectivity index (χ4v) is 1.64. The number of terminal acetylenes is 1. The molecule has 0 spiro atoms. The molecular formula is C12H15ClN2O. The van der Waals surface area contributed by atoms with Gasteiger partial charge in [0.25, 0.3) is 5.91 Å². The molecule has 0 aliphatic rings. The lowest BCUT2D eigenvalue weighted by Crippen LogP contribution is -2.26. The van der Waals surface area contributed by atoms with Crippen LogP contribution in [-0.2, 0) is 7.05 Å². The molecule has 86 valence electrons. The highest BCUT2D eigenvalue weighted by Crippen LogP contribution is 2.12. The highest BCUT2D eigenvalue weighted by Gasteiger charge is 2.09. The van der Waals surface area contributed by atoms with E-state index in [0.29, 0.717) is 17.3 Å². The van der Waals surface area contributed by atoms with Crippen molar-refractivity contribution in [3.63, 3.8) is 0 Å². The lowest BCUT2D eigenvalue weighted by molar-refractivity contribution is 0.0945. The van der Waals surface area contributed by atoms with Crippen LogP contribution in [0.1, 0.15) is 29.8 Å². The van der Waals surface area contributed by atoms with Gasteiger partial charge in [0.05, 0.1) is 5.02 Å². The zero-order valence-corrected chi connectivity index (χ0v) is 10.0. The van der Waals surface area contributed by atoms with E-state index >= 15 is 0 Å². The van der Waals surface area contributed by atoms with Crippen molar-refractivity contribution in [2.24, 2.45) is 7.05 Å². The van der Waals surface area contributed by atoms with Crippen molar-refractivity contribution in [2.45, 2.75) is 19.3 Å². The molecule has 0 bridgehead atoms. The zero-order chi connectivity index (χ0) is 12.0. The molecule has 0 saturated heterocycles. The van der Waals surface area contributed by atoms with Gasteiger partial charge in [0, 0.05) is 26.2 Å². The van der Waals surface area contributed by atoms with Crippen LogP contribution in [0.4, 0.5) is 0 Å². The first-order valence-corrected chi connectivity index (χ1v) is 5.56. The summed E-state index contributed by atoms with van der Waals surface area (Å²) in [6.07, 6.45) is 9.42. The molecule has 0 fully saturated rings. The van der Waals surface area contributed by atoms with Crippen LogP contribution in [0, 0.1) is 12.3 Å². The summed E-state index contributed by atoms with van der Waals surface area (Å²) in [6.45, 7) is 0.642. The largest absolute Gasteiger partial charge is 0.351 e. The Hall–Kier alpha value is -1.40. The smallest absolute Gasteiger partial charge is 0.267 e. The highest BCUT2D eigenvalue weighted by atomic mass is 35.5. The van der Waals surface area contributed by atoms with Crippen LogP contribution in [-0.4, -0.2) is 17.0 Å². The topological polar surface area (TPSA) is 34.0 Å². The van der Waals surface area contributed by atoms with E-state index < -0.39 is 0 Å². The summed E-state index contributed by atoms with van der Waals surface area (Å²) in [6, 6.07) is 1.65. The van der Waals surface area contributed by atoms with E-state index in [2.05, 4.69) is 11.2 Å². The average molecular weight is 239 g/mol. The number of aromatic nitrogens is 1. The number of nitrogens with zero attached hydrogens (tertiary/aromatic N) is 1. The van der Waals surface area contributed by atoms with E-state index in [1.54, 1.807) is 23.9 Å². The lowest BCUT2D eigenvalue weighted by atomic mass is 10.2. The molecule has 0 radical (unpaired) electrons. The number of unbranched alkanes of at least 4 members (excludes halogenated alkanes) is 2. The van der Waals surface area contributed by atoms with Crippen LogP contribution < -0.4 is 5.32 Å². The summed E-state index contributed by atoms with van der Waals surface area (Å²) >= 11 is 5.79. The van der Waals surface area contributed by atoms with Gasteiger partial charge in [0.15, 0.2) is 0 Å². The van der Waals surface area contributed by atoms with Crippen molar-refractivity contribution in [1.82, 2.24) is 9.88 Å². The van der Waals surface area contributed by atoms with Crippen LogP contribution in [0.3, 0.4) is 0 Å². The van der Waals surface area contributed by atoms with Gasteiger partial charge in [-0.3, -0.25) is 4.79 Å². The van der Waals surface area contributed by atoms with E-state index in [1.165, 1.54) is 0 Å². The maximum atomic E-state index is 11.7. The van der Waals surface area contributed by atoms with Crippen molar-refractivity contribution in [1.29, 1.82) is 0 Å². The van der Waals surface area contributed by atoms with Gasteiger partial charge in [-0.15, -0.1) is 12.3 Å². The molecule has 1 amide bonds. The molecule has 1 N–H and O–H groups in total. The summed E-state index contributed by atoms with van der Waals surface area (Å²) in [7, 11) is 1.79. The number of hydrogen-bond acceptors (Lipinski definition) is 1. The van der Waals surface area contributed by atoms with Crippen LogP contribution in [0.25, 0.3) is 0 Å². The Kier molecular flexibility index (Phi) is 4.94. The van der Waals surface area contributed by atoms with E-state index in [4.69, 9.17) is 18.0 Å². The summed E-state index contributed by atoms with van der Waals surface area (Å²) < 4.78 is 1.71. The molecule has 0 aliphatic carbocycles. The Morgan fingerprint density at radius 3 is 2.94 bits per heavy atom. The fraction of sp³-hybridized carbons (Fsp3) is 0.417. The van der Waals surface area contributed by atoms with Crippen molar-refractivity contribution in [2.75, 3.05) is 6.54 Å². The minimum absolute atomic E-state index is 0.102. The molecule has 4 heteroatoms. The molecule has 0 aromatic carbocycles. The summed E-state index contributed by atoms with van der Waals surface area (Å²) in [5, 5.41) is 3.39. The first-order chi connectivity index (χ1) is 7.65. The van der Waals surface area contributed by atoms with E-state index in [1.807, 2.05) is 0 Å². The van der Waals surface area contributed by atoms with E-state index in [9.17, 15) is 4.79 Å². The second kappa shape index (κ2) is 6.24. The SMILES string of the molecule is C#CCCCCNC(=O)c1cc(Cl)cn1C. The maximum Gasteiger partial charge on any atom is 0.267 e. The Bertz CT molecular complexity index is 404. The molecule has 1 aromatic rings. The quantitative estimate of drug-likeness (QED) is 0.620. The van der Waals surface area contributed by atoms with Gasteiger partial charge in [-0.2, -0.15) is 0 Å². The van der Waals surface area contributed by atoms with Gasteiger partial charge in [-0.05, 0) is 18.9 Å². The van der Waals surface area contributed by atoms with Gasteiger partial charge in [0.1, 0.15) is 5.69 Å². The minimum Gasteiger partial charge on any atom is -0.351 e. The van der Waals surface area contributed by atoms with Gasteiger partial charge in [0.2, 0.25) is 0 Å². The molecule has 3 nitrogen and oxygen atoms in total. The number of halogens is 1. The third-order valence-electron chi connectivity index (χ3n) is 2.24.